The van der Waals surface area contributed by atoms with Crippen molar-refractivity contribution in [2.24, 2.45) is 0 Å². The monoisotopic (exact) mass is 361 g/mol. The third-order valence-electron chi connectivity index (χ3n) is 4.76. The summed E-state index contributed by atoms with van der Waals surface area (Å²) in [4.78, 5) is 36.9. The molecule has 0 radical (unpaired) electrons. The van der Waals surface area contributed by atoms with Gasteiger partial charge in [0.05, 0.1) is 13.2 Å². The van der Waals surface area contributed by atoms with Crippen LogP contribution in [0.2, 0.25) is 0 Å². The molecule has 8 heteroatoms. The zero-order chi connectivity index (χ0) is 19.2. The van der Waals surface area contributed by atoms with Crippen molar-refractivity contribution in [2.75, 3.05) is 14.2 Å². The van der Waals surface area contributed by atoms with Gasteiger partial charge in [-0.2, -0.15) is 0 Å². The fourth-order valence-electron chi connectivity index (χ4n) is 3.51. The van der Waals surface area contributed by atoms with Crippen LogP contribution in [0.1, 0.15) is 50.4 Å². The highest BCUT2D eigenvalue weighted by Gasteiger charge is 2.41. The molecule has 3 N–H and O–H groups in total. The van der Waals surface area contributed by atoms with Gasteiger partial charge in [-0.1, -0.05) is 0 Å². The van der Waals surface area contributed by atoms with Gasteiger partial charge in [0, 0.05) is 30.2 Å². The summed E-state index contributed by atoms with van der Waals surface area (Å²) in [6, 6.07) is 1.42. The van der Waals surface area contributed by atoms with Gasteiger partial charge in [-0.15, -0.1) is 0 Å². The molecule has 1 aromatic rings. The summed E-state index contributed by atoms with van der Waals surface area (Å²) in [5.41, 5.74) is 1.57. The smallest absolute Gasteiger partial charge is 0.407 e. The van der Waals surface area contributed by atoms with Crippen LogP contribution in [0.3, 0.4) is 0 Å². The molecule has 0 aliphatic heterocycles. The molecule has 0 saturated heterocycles. The Morgan fingerprint density at radius 2 is 2.00 bits per heavy atom. The number of hydrogen-bond donors (Lipinski definition) is 3. The van der Waals surface area contributed by atoms with Crippen LogP contribution in [0.25, 0.3) is 0 Å². The van der Waals surface area contributed by atoms with Crippen molar-refractivity contribution in [1.29, 1.82) is 0 Å². The minimum absolute atomic E-state index is 0.0290. The first kappa shape index (κ1) is 18.1. The summed E-state index contributed by atoms with van der Waals surface area (Å²) in [7, 11) is 2.71. The highest BCUT2D eigenvalue weighted by Crippen LogP contribution is 2.41. The zero-order valence-electron chi connectivity index (χ0n) is 14.6. The summed E-state index contributed by atoms with van der Waals surface area (Å²) in [6.45, 7) is 1.28. The van der Waals surface area contributed by atoms with E-state index >= 15 is 0 Å². The van der Waals surface area contributed by atoms with Gasteiger partial charge < -0.3 is 25.0 Å². The number of allylic oxidation sites excluding steroid dienone is 2. The Morgan fingerprint density at radius 1 is 1.31 bits per heavy atom. The number of carbonyl (C=O) groups excluding carboxylic acids is 3. The molecule has 0 spiro atoms. The fourth-order valence-corrected chi connectivity index (χ4v) is 3.51. The van der Waals surface area contributed by atoms with E-state index < -0.39 is 24.1 Å². The number of fused-ring (bicyclic) bond motifs is 3. The van der Waals surface area contributed by atoms with E-state index in [0.717, 1.165) is 0 Å². The summed E-state index contributed by atoms with van der Waals surface area (Å²) < 4.78 is 10.1. The number of alkyl carbamates (subject to hydrolysis) is 1. The molecule has 0 fully saturated rings. The van der Waals surface area contributed by atoms with Crippen LogP contribution in [-0.4, -0.2) is 48.1 Å². The first-order valence-electron chi connectivity index (χ1n) is 8.05. The Balaban J connectivity index is 2.19. The summed E-state index contributed by atoms with van der Waals surface area (Å²) in [6.07, 6.45) is -2.98. The van der Waals surface area contributed by atoms with Crippen LogP contribution in [0.4, 0.5) is 4.79 Å². The molecule has 1 amide bonds. The molecule has 0 heterocycles. The van der Waals surface area contributed by atoms with Crippen LogP contribution in [0.5, 0.6) is 0 Å². The van der Waals surface area contributed by atoms with E-state index in [2.05, 4.69) is 5.32 Å². The molecule has 0 bridgehead atoms. The van der Waals surface area contributed by atoms with Gasteiger partial charge in [0.1, 0.15) is 12.7 Å². The van der Waals surface area contributed by atoms with E-state index in [0.29, 0.717) is 16.7 Å². The van der Waals surface area contributed by atoms with E-state index in [1.54, 1.807) is 0 Å². The number of rotatable bonds is 3. The number of carbonyl (C=O) groups is 3. The molecular formula is C18H19NO7. The lowest BCUT2D eigenvalue weighted by Gasteiger charge is -2.23. The molecule has 2 aliphatic rings. The topological polar surface area (TPSA) is 122 Å². The number of ether oxygens (including phenoxy) is 2. The molecule has 2 atom stereocenters. The number of methoxy groups -OCH3 is 1. The average Bonchev–Trinajstić information content (AvgIpc) is 2.92. The van der Waals surface area contributed by atoms with Gasteiger partial charge in [0.2, 0.25) is 5.78 Å². The minimum Gasteiger partial charge on any atom is -0.492 e. The Kier molecular flexibility index (Phi) is 4.55. The quantitative estimate of drug-likeness (QED) is 0.727. The van der Waals surface area contributed by atoms with E-state index in [4.69, 9.17) is 9.47 Å². The van der Waals surface area contributed by atoms with Crippen molar-refractivity contribution in [1.82, 2.24) is 5.32 Å². The molecule has 1 aromatic carbocycles. The number of aliphatic hydroxyl groups is 2. The summed E-state index contributed by atoms with van der Waals surface area (Å²) in [5, 5.41) is 22.7. The van der Waals surface area contributed by atoms with Crippen LogP contribution < -0.4 is 5.32 Å². The number of aliphatic hydroxyl groups excluding tert-OH is 2. The molecule has 26 heavy (non-hydrogen) atoms. The van der Waals surface area contributed by atoms with Crippen LogP contribution in [0.15, 0.2) is 17.4 Å². The van der Waals surface area contributed by atoms with Gasteiger partial charge in [0.15, 0.2) is 11.5 Å². The second kappa shape index (κ2) is 6.54. The van der Waals surface area contributed by atoms with E-state index in [9.17, 15) is 24.6 Å². The van der Waals surface area contributed by atoms with Gasteiger partial charge in [-0.3, -0.25) is 9.59 Å². The Labute approximate surface area is 149 Å². The van der Waals surface area contributed by atoms with Crippen LogP contribution in [-0.2, 0) is 22.5 Å². The fraction of sp³-hybridized carbons (Fsp3) is 0.389. The summed E-state index contributed by atoms with van der Waals surface area (Å²) >= 11 is 0. The molecule has 3 rings (SSSR count). The van der Waals surface area contributed by atoms with Crippen molar-refractivity contribution in [3.63, 3.8) is 0 Å². The summed E-state index contributed by atoms with van der Waals surface area (Å²) in [5.74, 6) is -0.882. The third kappa shape index (κ3) is 2.58. The van der Waals surface area contributed by atoms with E-state index in [1.807, 2.05) is 0 Å². The van der Waals surface area contributed by atoms with Crippen LogP contribution in [0, 0.1) is 0 Å². The number of amides is 1. The maximum absolute atomic E-state index is 12.8. The SMILES string of the molecule is CNC(=O)OCc1cc2c(c3c1C(O)C(O)C3)C(=O)C(C)=C(OC)C2=O. The van der Waals surface area contributed by atoms with Crippen molar-refractivity contribution >= 4 is 17.7 Å². The molecule has 0 saturated carbocycles. The predicted molar refractivity (Wildman–Crippen MR) is 88.7 cm³/mol. The number of benzene rings is 1. The van der Waals surface area contributed by atoms with Crippen molar-refractivity contribution in [3.05, 3.63) is 45.2 Å². The largest absolute Gasteiger partial charge is 0.492 e. The first-order chi connectivity index (χ1) is 12.3. The maximum atomic E-state index is 12.8. The van der Waals surface area contributed by atoms with E-state index in [-0.39, 0.29) is 41.3 Å². The number of nitrogens with one attached hydrogen (secondary N) is 1. The Hall–Kier alpha value is -2.71. The van der Waals surface area contributed by atoms with Gasteiger partial charge >= 0.3 is 6.09 Å². The highest BCUT2D eigenvalue weighted by molar-refractivity contribution is 6.26. The lowest BCUT2D eigenvalue weighted by Crippen LogP contribution is -2.25. The Bertz CT molecular complexity index is 856. The van der Waals surface area contributed by atoms with Gasteiger partial charge in [-0.05, 0) is 29.7 Å². The highest BCUT2D eigenvalue weighted by atomic mass is 16.5. The second-order valence-corrected chi connectivity index (χ2v) is 6.21. The van der Waals surface area contributed by atoms with Gasteiger partial charge in [0.25, 0.3) is 0 Å². The third-order valence-corrected chi connectivity index (χ3v) is 4.76. The van der Waals surface area contributed by atoms with Crippen molar-refractivity contribution < 1.29 is 34.1 Å². The predicted octanol–water partition coefficient (Wildman–Crippen LogP) is 0.792. The van der Waals surface area contributed by atoms with E-state index in [1.165, 1.54) is 27.1 Å². The molecule has 2 aliphatic carbocycles. The molecule has 0 aromatic heterocycles. The molecular weight excluding hydrogens is 342 g/mol. The van der Waals surface area contributed by atoms with Gasteiger partial charge in [-0.25, -0.2) is 4.79 Å². The normalized spacial score (nSPS) is 21.4. The molecule has 2 unspecified atom stereocenters. The first-order valence-corrected chi connectivity index (χ1v) is 8.05. The average molecular weight is 361 g/mol. The number of ketones is 2. The van der Waals surface area contributed by atoms with Crippen molar-refractivity contribution in [3.8, 4) is 0 Å². The Morgan fingerprint density at radius 3 is 2.62 bits per heavy atom. The molecule has 138 valence electrons. The standard InChI is InChI=1S/C18H19NO7/c1-7-14(21)13-9-5-11(20)16(23)12(9)8(6-26-18(24)19-2)4-10(13)15(22)17(7)25-3/h4,11,16,20,23H,5-6H2,1-3H3,(H,19,24). The zero-order valence-corrected chi connectivity index (χ0v) is 14.6. The van der Waals surface area contributed by atoms with Crippen LogP contribution >= 0.6 is 0 Å². The minimum atomic E-state index is -1.23. The molecule has 8 nitrogen and oxygen atoms in total. The van der Waals surface area contributed by atoms with Crippen molar-refractivity contribution in [2.45, 2.75) is 32.2 Å². The number of hydrogen-bond acceptors (Lipinski definition) is 7. The maximum Gasteiger partial charge on any atom is 0.407 e. The lowest BCUT2D eigenvalue weighted by atomic mass is 9.82. The lowest BCUT2D eigenvalue weighted by molar-refractivity contribution is 0.0315. The number of Topliss-reactive ketones (excluding diaryl/α,β-unsaturated/α-hetero) is 2. The second-order valence-electron chi connectivity index (χ2n) is 6.21.